The smallest absolute Gasteiger partial charge is 0.241 e. The van der Waals surface area contributed by atoms with Crippen LogP contribution in [0.1, 0.15) is 24.1 Å². The van der Waals surface area contributed by atoms with E-state index in [1.807, 2.05) is 44.2 Å². The first kappa shape index (κ1) is 15.5. The average Bonchev–Trinajstić information content (AvgIpc) is 2.47. The molecule has 21 heavy (non-hydrogen) atoms. The molecule has 0 bridgehead atoms. The van der Waals surface area contributed by atoms with Gasteiger partial charge in [-0.15, -0.1) is 0 Å². The van der Waals surface area contributed by atoms with E-state index >= 15 is 0 Å². The van der Waals surface area contributed by atoms with Crippen LogP contribution in [0.25, 0.3) is 0 Å². The molecule has 0 heterocycles. The van der Waals surface area contributed by atoms with Crippen molar-refractivity contribution in [1.29, 1.82) is 0 Å². The molecule has 0 aliphatic carbocycles. The van der Waals surface area contributed by atoms with Gasteiger partial charge in [0, 0.05) is 6.04 Å². The van der Waals surface area contributed by atoms with Gasteiger partial charge in [-0.2, -0.15) is 0 Å². The van der Waals surface area contributed by atoms with Crippen LogP contribution in [0.5, 0.6) is 5.75 Å². The number of hydrogen-bond donors (Lipinski definition) is 1. The zero-order valence-corrected chi connectivity index (χ0v) is 13.1. The number of hydrogen-bond acceptors (Lipinski definition) is 3. The van der Waals surface area contributed by atoms with Crippen LogP contribution in [0.4, 0.5) is 0 Å². The van der Waals surface area contributed by atoms with E-state index in [0.717, 1.165) is 11.1 Å². The molecule has 1 atom stereocenters. The second-order valence-corrected chi connectivity index (χ2v) is 6.65. The molecule has 0 fully saturated rings. The lowest BCUT2D eigenvalue weighted by Gasteiger charge is -2.15. The van der Waals surface area contributed by atoms with Gasteiger partial charge in [-0.1, -0.05) is 24.3 Å². The lowest BCUT2D eigenvalue weighted by molar-refractivity contribution is 0.413. The molecule has 0 saturated heterocycles. The molecular formula is C16H19NO3S. The molecule has 0 amide bonds. The van der Waals surface area contributed by atoms with Crippen molar-refractivity contribution in [1.82, 2.24) is 4.72 Å². The van der Waals surface area contributed by atoms with Gasteiger partial charge in [0.2, 0.25) is 10.0 Å². The Morgan fingerprint density at radius 2 is 1.81 bits per heavy atom. The summed E-state index contributed by atoms with van der Waals surface area (Å²) in [4.78, 5) is 0.275. The van der Waals surface area contributed by atoms with Crippen LogP contribution < -0.4 is 9.46 Å². The predicted molar refractivity (Wildman–Crippen MR) is 82.9 cm³/mol. The van der Waals surface area contributed by atoms with Gasteiger partial charge in [-0.05, 0) is 49.2 Å². The van der Waals surface area contributed by atoms with E-state index in [9.17, 15) is 8.42 Å². The van der Waals surface area contributed by atoms with Gasteiger partial charge in [-0.25, -0.2) is 13.1 Å². The van der Waals surface area contributed by atoms with Crippen LogP contribution in [0, 0.1) is 6.92 Å². The highest BCUT2D eigenvalue weighted by molar-refractivity contribution is 7.89. The Morgan fingerprint density at radius 3 is 2.48 bits per heavy atom. The van der Waals surface area contributed by atoms with Crippen LogP contribution in [0.2, 0.25) is 0 Å². The molecule has 1 N–H and O–H groups in total. The van der Waals surface area contributed by atoms with Crippen LogP contribution in [0.3, 0.4) is 0 Å². The first-order valence-corrected chi connectivity index (χ1v) is 8.13. The summed E-state index contributed by atoms with van der Waals surface area (Å²) in [6, 6.07) is 13.9. The minimum Gasteiger partial charge on any atom is -0.497 e. The molecule has 0 saturated carbocycles. The van der Waals surface area contributed by atoms with E-state index in [1.165, 1.54) is 0 Å². The predicted octanol–water partition coefficient (Wildman–Crippen LogP) is 3.04. The van der Waals surface area contributed by atoms with Crippen LogP contribution >= 0.6 is 0 Å². The monoisotopic (exact) mass is 305 g/mol. The molecule has 112 valence electrons. The molecule has 0 radical (unpaired) electrons. The Hall–Kier alpha value is -1.85. The molecule has 0 spiro atoms. The quantitative estimate of drug-likeness (QED) is 0.923. The van der Waals surface area contributed by atoms with E-state index in [2.05, 4.69) is 4.72 Å². The zero-order chi connectivity index (χ0) is 15.5. The standard InChI is InChI=1S/C16H19NO3S/c1-12-6-4-9-16(10-12)21(18,19)17-13(2)14-7-5-8-15(11-14)20-3/h4-11,13,17H,1-3H3. The number of methoxy groups -OCH3 is 1. The average molecular weight is 305 g/mol. The van der Waals surface area contributed by atoms with Crippen molar-refractivity contribution in [3.63, 3.8) is 0 Å². The van der Waals surface area contributed by atoms with Crippen molar-refractivity contribution in [2.24, 2.45) is 0 Å². The number of nitrogens with one attached hydrogen (secondary N) is 1. The Bertz CT molecular complexity index is 726. The third kappa shape index (κ3) is 3.83. The molecule has 5 heteroatoms. The van der Waals surface area contributed by atoms with Gasteiger partial charge in [0.1, 0.15) is 5.75 Å². The number of sulfonamides is 1. The summed E-state index contributed by atoms with van der Waals surface area (Å²) in [5, 5.41) is 0. The maximum atomic E-state index is 12.4. The van der Waals surface area contributed by atoms with E-state index in [-0.39, 0.29) is 10.9 Å². The molecule has 2 aromatic carbocycles. The van der Waals surface area contributed by atoms with Crippen molar-refractivity contribution in [3.8, 4) is 5.75 Å². The second kappa shape index (κ2) is 6.28. The minimum absolute atomic E-state index is 0.275. The summed E-state index contributed by atoms with van der Waals surface area (Å²) in [7, 11) is -1.96. The minimum atomic E-state index is -3.54. The molecule has 1 unspecified atom stereocenters. The zero-order valence-electron chi connectivity index (χ0n) is 12.3. The lowest BCUT2D eigenvalue weighted by atomic mass is 10.1. The van der Waals surface area contributed by atoms with Crippen LogP contribution in [0.15, 0.2) is 53.4 Å². The Labute approximate surface area is 125 Å². The maximum absolute atomic E-state index is 12.4. The topological polar surface area (TPSA) is 55.4 Å². The summed E-state index contributed by atoms with van der Waals surface area (Å²) in [6.07, 6.45) is 0. The van der Waals surface area contributed by atoms with Gasteiger partial charge in [0.15, 0.2) is 0 Å². The number of rotatable bonds is 5. The highest BCUT2D eigenvalue weighted by Gasteiger charge is 2.18. The Morgan fingerprint density at radius 1 is 1.10 bits per heavy atom. The normalized spacial score (nSPS) is 12.9. The van der Waals surface area contributed by atoms with Gasteiger partial charge >= 0.3 is 0 Å². The van der Waals surface area contributed by atoms with E-state index < -0.39 is 10.0 Å². The van der Waals surface area contributed by atoms with Gasteiger partial charge in [-0.3, -0.25) is 0 Å². The first-order chi connectivity index (χ1) is 9.92. The third-order valence-corrected chi connectivity index (χ3v) is 4.76. The Kier molecular flexibility index (Phi) is 4.65. The maximum Gasteiger partial charge on any atom is 0.241 e. The van der Waals surface area contributed by atoms with Crippen molar-refractivity contribution < 1.29 is 13.2 Å². The van der Waals surface area contributed by atoms with Crippen molar-refractivity contribution in [2.45, 2.75) is 24.8 Å². The van der Waals surface area contributed by atoms with Gasteiger partial charge < -0.3 is 4.74 Å². The fourth-order valence-corrected chi connectivity index (χ4v) is 3.40. The second-order valence-electron chi connectivity index (χ2n) is 4.94. The highest BCUT2D eigenvalue weighted by atomic mass is 32.2. The third-order valence-electron chi connectivity index (χ3n) is 3.23. The van der Waals surface area contributed by atoms with E-state index in [1.54, 1.807) is 25.3 Å². The lowest BCUT2D eigenvalue weighted by Crippen LogP contribution is -2.26. The SMILES string of the molecule is COc1cccc(C(C)NS(=O)(=O)c2cccc(C)c2)c1. The molecule has 4 nitrogen and oxygen atoms in total. The fraction of sp³-hybridized carbons (Fsp3) is 0.250. The van der Waals surface area contributed by atoms with Crippen molar-refractivity contribution in [2.75, 3.05) is 7.11 Å². The fourth-order valence-electron chi connectivity index (χ4n) is 2.06. The van der Waals surface area contributed by atoms with Gasteiger partial charge in [0.25, 0.3) is 0 Å². The van der Waals surface area contributed by atoms with Crippen molar-refractivity contribution in [3.05, 3.63) is 59.7 Å². The summed E-state index contributed by atoms with van der Waals surface area (Å²) >= 11 is 0. The number of benzene rings is 2. The molecule has 0 aliphatic heterocycles. The molecule has 0 aliphatic rings. The largest absolute Gasteiger partial charge is 0.497 e. The molecule has 2 rings (SSSR count). The van der Waals surface area contributed by atoms with Crippen LogP contribution in [-0.2, 0) is 10.0 Å². The molecule has 0 aromatic heterocycles. The molecular weight excluding hydrogens is 286 g/mol. The summed E-state index contributed by atoms with van der Waals surface area (Å²) in [6.45, 7) is 3.67. The molecule has 2 aromatic rings. The highest BCUT2D eigenvalue weighted by Crippen LogP contribution is 2.21. The van der Waals surface area contributed by atoms with Gasteiger partial charge in [0.05, 0.1) is 12.0 Å². The number of ether oxygens (including phenoxy) is 1. The summed E-state index contributed by atoms with van der Waals surface area (Å²) < 4.78 is 32.6. The van der Waals surface area contributed by atoms with Crippen LogP contribution in [-0.4, -0.2) is 15.5 Å². The Balaban J connectivity index is 2.23. The number of aryl methyl sites for hydroxylation is 1. The summed E-state index contributed by atoms with van der Waals surface area (Å²) in [5.41, 5.74) is 1.76. The van der Waals surface area contributed by atoms with E-state index in [4.69, 9.17) is 4.74 Å². The first-order valence-electron chi connectivity index (χ1n) is 6.65. The van der Waals surface area contributed by atoms with Crippen molar-refractivity contribution >= 4 is 10.0 Å². The summed E-state index contributed by atoms with van der Waals surface area (Å²) in [5.74, 6) is 0.703. The van der Waals surface area contributed by atoms with E-state index in [0.29, 0.717) is 5.75 Å².